The molecule has 3 aromatic carbocycles. The summed E-state index contributed by atoms with van der Waals surface area (Å²) in [5.74, 6) is -0.156. The molecule has 0 bridgehead atoms. The van der Waals surface area contributed by atoms with Gasteiger partial charge < -0.3 is 19.5 Å². The first kappa shape index (κ1) is 23.1. The zero-order valence-electron chi connectivity index (χ0n) is 19.4. The van der Waals surface area contributed by atoms with Gasteiger partial charge in [0.1, 0.15) is 17.3 Å². The number of aryl methyl sites for hydroxylation is 1. The Hall–Kier alpha value is -4.06. The van der Waals surface area contributed by atoms with E-state index in [0.29, 0.717) is 17.9 Å². The minimum Gasteiger partial charge on any atom is -0.507 e. The normalized spacial score (nSPS) is 17.1. The quantitative estimate of drug-likeness (QED) is 0.306. The second-order valence-corrected chi connectivity index (χ2v) is 8.10. The lowest BCUT2D eigenvalue weighted by atomic mass is 9.94. The van der Waals surface area contributed by atoms with Crippen LogP contribution in [0, 0.1) is 6.92 Å². The summed E-state index contributed by atoms with van der Waals surface area (Å²) in [5, 5.41) is 11.3. The van der Waals surface area contributed by atoms with Gasteiger partial charge in [0.15, 0.2) is 0 Å². The molecule has 1 fully saturated rings. The Bertz CT molecular complexity index is 1230. The smallest absolute Gasteiger partial charge is 0.295 e. The summed E-state index contributed by atoms with van der Waals surface area (Å²) in [6.07, 6.45) is 0. The summed E-state index contributed by atoms with van der Waals surface area (Å²) in [5.41, 5.74) is 2.91. The molecule has 1 unspecified atom stereocenters. The summed E-state index contributed by atoms with van der Waals surface area (Å²) in [4.78, 5) is 27.9. The number of carbonyl (C=O) groups excluding carboxylic acids is 2. The minimum atomic E-state index is -0.714. The fourth-order valence-electron chi connectivity index (χ4n) is 4.25. The number of ketones is 1. The zero-order chi connectivity index (χ0) is 24.2. The van der Waals surface area contributed by atoms with Gasteiger partial charge in [-0.25, -0.2) is 0 Å². The van der Waals surface area contributed by atoms with E-state index in [2.05, 4.69) is 0 Å². The van der Waals surface area contributed by atoms with E-state index < -0.39 is 17.7 Å². The number of likely N-dealkylation sites (tertiary alicyclic amines) is 1. The number of aliphatic hydroxyl groups is 1. The summed E-state index contributed by atoms with van der Waals surface area (Å²) in [6, 6.07) is 21.2. The van der Waals surface area contributed by atoms with Crippen LogP contribution in [0.3, 0.4) is 0 Å². The van der Waals surface area contributed by atoms with Crippen molar-refractivity contribution in [3.8, 4) is 11.5 Å². The predicted molar refractivity (Wildman–Crippen MR) is 130 cm³/mol. The number of nitrogens with zero attached hydrogens (tertiary/aromatic N) is 1. The van der Waals surface area contributed by atoms with Crippen molar-refractivity contribution in [1.29, 1.82) is 0 Å². The van der Waals surface area contributed by atoms with Crippen LogP contribution in [0.5, 0.6) is 11.5 Å². The van der Waals surface area contributed by atoms with E-state index >= 15 is 0 Å². The third kappa shape index (κ3) is 4.39. The van der Waals surface area contributed by atoms with Crippen LogP contribution < -0.4 is 9.47 Å². The monoisotopic (exact) mass is 457 g/mol. The van der Waals surface area contributed by atoms with Crippen molar-refractivity contribution in [3.05, 3.63) is 101 Å². The fraction of sp³-hybridized carbons (Fsp3) is 0.214. The van der Waals surface area contributed by atoms with Crippen LogP contribution in [0.2, 0.25) is 0 Å². The van der Waals surface area contributed by atoms with Gasteiger partial charge in [0.2, 0.25) is 0 Å². The Balaban J connectivity index is 1.79. The molecular formula is C28H27NO5. The Kier molecular flexibility index (Phi) is 6.68. The molecule has 6 heteroatoms. The van der Waals surface area contributed by atoms with Crippen molar-refractivity contribution >= 4 is 17.4 Å². The van der Waals surface area contributed by atoms with Crippen LogP contribution in [-0.4, -0.2) is 35.4 Å². The van der Waals surface area contributed by atoms with Gasteiger partial charge in [0, 0.05) is 12.1 Å². The highest BCUT2D eigenvalue weighted by molar-refractivity contribution is 6.46. The van der Waals surface area contributed by atoms with Gasteiger partial charge in [0.05, 0.1) is 25.3 Å². The number of aliphatic hydroxyl groups excluding tert-OH is 1. The van der Waals surface area contributed by atoms with Crippen LogP contribution in [0.4, 0.5) is 0 Å². The van der Waals surface area contributed by atoms with Gasteiger partial charge in [-0.15, -0.1) is 0 Å². The van der Waals surface area contributed by atoms with Gasteiger partial charge >= 0.3 is 0 Å². The molecule has 6 nitrogen and oxygen atoms in total. The van der Waals surface area contributed by atoms with Crippen molar-refractivity contribution < 1.29 is 24.2 Å². The topological polar surface area (TPSA) is 76.1 Å². The maximum atomic E-state index is 13.2. The second kappa shape index (κ2) is 9.83. The van der Waals surface area contributed by atoms with Gasteiger partial charge in [-0.2, -0.15) is 0 Å². The lowest BCUT2D eigenvalue weighted by molar-refractivity contribution is -0.140. The predicted octanol–water partition coefficient (Wildman–Crippen LogP) is 5.02. The molecule has 0 aliphatic carbocycles. The van der Waals surface area contributed by atoms with Crippen LogP contribution in [0.25, 0.3) is 5.76 Å². The second-order valence-electron chi connectivity index (χ2n) is 8.10. The molecule has 3 aromatic rings. The van der Waals surface area contributed by atoms with E-state index in [4.69, 9.17) is 9.47 Å². The first-order valence-electron chi connectivity index (χ1n) is 11.1. The number of rotatable bonds is 7. The van der Waals surface area contributed by atoms with Gasteiger partial charge in [-0.3, -0.25) is 9.59 Å². The molecule has 1 N–H and O–H groups in total. The van der Waals surface area contributed by atoms with Gasteiger partial charge in [0.25, 0.3) is 11.7 Å². The lowest BCUT2D eigenvalue weighted by Crippen LogP contribution is -2.29. The molecule has 0 spiro atoms. The molecule has 1 saturated heterocycles. The van der Waals surface area contributed by atoms with Crippen LogP contribution in [0.1, 0.15) is 35.2 Å². The van der Waals surface area contributed by atoms with Crippen molar-refractivity contribution in [2.24, 2.45) is 0 Å². The van der Waals surface area contributed by atoms with Crippen LogP contribution in [0.15, 0.2) is 78.4 Å². The number of benzene rings is 3. The van der Waals surface area contributed by atoms with Gasteiger partial charge in [-0.05, 0) is 60.9 Å². The van der Waals surface area contributed by atoms with E-state index in [1.165, 1.54) is 4.90 Å². The number of hydrogen-bond donors (Lipinski definition) is 1. The number of methoxy groups -OCH3 is 1. The number of Topliss-reactive ketones (excluding diaryl/α,β-unsaturated/α-hetero) is 1. The minimum absolute atomic E-state index is 0.0791. The molecule has 0 radical (unpaired) electrons. The maximum Gasteiger partial charge on any atom is 0.295 e. The number of amides is 1. The van der Waals surface area contributed by atoms with E-state index in [9.17, 15) is 14.7 Å². The standard InChI is InChI=1S/C28H27NO5/c1-4-34-21-12-10-19(11-13-21)17-29-25(20-8-6-5-7-9-20)24(27(31)28(29)32)26(30)23-15-14-22(33-3)16-18(23)2/h5-16,25,30H,4,17H2,1-3H3/b26-24-. The Morgan fingerprint density at radius 2 is 1.65 bits per heavy atom. The third-order valence-electron chi connectivity index (χ3n) is 5.93. The average Bonchev–Trinajstić information content (AvgIpc) is 3.10. The summed E-state index contributed by atoms with van der Waals surface area (Å²) in [7, 11) is 1.57. The first-order chi connectivity index (χ1) is 16.4. The molecule has 34 heavy (non-hydrogen) atoms. The summed E-state index contributed by atoms with van der Waals surface area (Å²) < 4.78 is 10.8. The first-order valence-corrected chi connectivity index (χ1v) is 11.1. The molecule has 1 atom stereocenters. The van der Waals surface area contributed by atoms with E-state index in [-0.39, 0.29) is 17.9 Å². The molecular weight excluding hydrogens is 430 g/mol. The molecule has 1 heterocycles. The SMILES string of the molecule is CCOc1ccc(CN2C(=O)C(=O)/C(=C(\O)c3ccc(OC)cc3C)C2c2ccccc2)cc1. The molecule has 1 aliphatic rings. The summed E-state index contributed by atoms with van der Waals surface area (Å²) >= 11 is 0. The molecule has 1 amide bonds. The number of carbonyl (C=O) groups is 2. The largest absolute Gasteiger partial charge is 0.507 e. The van der Waals surface area contributed by atoms with Crippen LogP contribution in [-0.2, 0) is 16.1 Å². The van der Waals surface area contributed by atoms with E-state index in [0.717, 1.165) is 22.4 Å². The fourth-order valence-corrected chi connectivity index (χ4v) is 4.25. The maximum absolute atomic E-state index is 13.2. The Labute approximate surface area is 199 Å². The molecule has 0 aromatic heterocycles. The molecule has 4 rings (SSSR count). The number of ether oxygens (including phenoxy) is 2. The highest BCUT2D eigenvalue weighted by atomic mass is 16.5. The summed E-state index contributed by atoms with van der Waals surface area (Å²) in [6.45, 7) is 4.52. The van der Waals surface area contributed by atoms with E-state index in [1.807, 2.05) is 68.4 Å². The average molecular weight is 458 g/mol. The van der Waals surface area contributed by atoms with Crippen molar-refractivity contribution in [2.45, 2.75) is 26.4 Å². The molecule has 1 aliphatic heterocycles. The molecule has 174 valence electrons. The zero-order valence-corrected chi connectivity index (χ0v) is 19.4. The van der Waals surface area contributed by atoms with Crippen molar-refractivity contribution in [2.75, 3.05) is 13.7 Å². The Morgan fingerprint density at radius 3 is 2.26 bits per heavy atom. The van der Waals surface area contributed by atoms with E-state index in [1.54, 1.807) is 25.3 Å². The van der Waals surface area contributed by atoms with Crippen molar-refractivity contribution in [1.82, 2.24) is 4.90 Å². The van der Waals surface area contributed by atoms with Crippen LogP contribution >= 0.6 is 0 Å². The number of hydrogen-bond acceptors (Lipinski definition) is 5. The highest BCUT2D eigenvalue weighted by Gasteiger charge is 2.46. The van der Waals surface area contributed by atoms with Gasteiger partial charge in [-0.1, -0.05) is 42.5 Å². The molecule has 0 saturated carbocycles. The highest BCUT2D eigenvalue weighted by Crippen LogP contribution is 2.41. The van der Waals surface area contributed by atoms with Crippen molar-refractivity contribution in [3.63, 3.8) is 0 Å². The lowest BCUT2D eigenvalue weighted by Gasteiger charge is -2.25. The Morgan fingerprint density at radius 1 is 0.971 bits per heavy atom. The third-order valence-corrected chi connectivity index (χ3v) is 5.93.